The molecule has 2 nitrogen and oxygen atoms in total. The van der Waals surface area contributed by atoms with E-state index in [0.717, 1.165) is 16.8 Å². The largest absolute Gasteiger partial charge is 0.466 e. The third-order valence-corrected chi connectivity index (χ3v) is 5.00. The van der Waals surface area contributed by atoms with E-state index in [1.165, 1.54) is 24.2 Å². The second-order valence-corrected chi connectivity index (χ2v) is 6.57. The molecule has 1 fully saturated rings. The second-order valence-electron chi connectivity index (χ2n) is 5.08. The molecule has 2 heterocycles. The molecule has 3 unspecified atom stereocenters. The molecule has 2 rings (SSSR count). The molecule has 96 valence electrons. The average Bonchev–Trinajstić information content (AvgIpc) is 2.61. The maximum Gasteiger partial charge on any atom is 0.105 e. The fraction of sp³-hybridized carbons (Fsp3) is 0.714. The van der Waals surface area contributed by atoms with Crippen LogP contribution in [0.3, 0.4) is 0 Å². The van der Waals surface area contributed by atoms with Crippen LogP contribution in [0.5, 0.6) is 0 Å². The van der Waals surface area contributed by atoms with E-state index < -0.39 is 0 Å². The zero-order valence-corrected chi connectivity index (χ0v) is 12.1. The summed E-state index contributed by atoms with van der Waals surface area (Å²) < 4.78 is 5.61. The summed E-state index contributed by atoms with van der Waals surface area (Å²) in [7, 11) is 0. The summed E-state index contributed by atoms with van der Waals surface area (Å²) in [6, 6.07) is 3.19. The van der Waals surface area contributed by atoms with E-state index in [-0.39, 0.29) is 0 Å². The van der Waals surface area contributed by atoms with Crippen molar-refractivity contribution in [2.75, 3.05) is 5.75 Å². The van der Waals surface area contributed by atoms with Gasteiger partial charge in [0.05, 0.1) is 0 Å². The van der Waals surface area contributed by atoms with E-state index >= 15 is 0 Å². The highest BCUT2D eigenvalue weighted by atomic mass is 32.2. The van der Waals surface area contributed by atoms with Crippen molar-refractivity contribution in [1.82, 2.24) is 5.32 Å². The van der Waals surface area contributed by atoms with Gasteiger partial charge in [0, 0.05) is 22.9 Å². The predicted molar refractivity (Wildman–Crippen MR) is 74.7 cm³/mol. The van der Waals surface area contributed by atoms with Gasteiger partial charge in [-0.3, -0.25) is 0 Å². The van der Waals surface area contributed by atoms with E-state index in [1.807, 2.05) is 6.92 Å². The fourth-order valence-electron chi connectivity index (χ4n) is 2.63. The molecule has 0 radical (unpaired) electrons. The first kappa shape index (κ1) is 13.0. The molecule has 0 saturated carbocycles. The second kappa shape index (κ2) is 5.49. The zero-order chi connectivity index (χ0) is 12.4. The van der Waals surface area contributed by atoms with E-state index in [9.17, 15) is 0 Å². The van der Waals surface area contributed by atoms with Gasteiger partial charge < -0.3 is 9.73 Å². The Kier molecular flexibility index (Phi) is 4.21. The van der Waals surface area contributed by atoms with Crippen LogP contribution in [-0.4, -0.2) is 17.0 Å². The highest BCUT2D eigenvalue weighted by Gasteiger charge is 2.24. The van der Waals surface area contributed by atoms with Crippen LogP contribution in [0, 0.1) is 13.8 Å². The molecule has 0 amide bonds. The van der Waals surface area contributed by atoms with E-state index in [0.29, 0.717) is 12.1 Å². The third-order valence-electron chi connectivity index (χ3n) is 3.62. The summed E-state index contributed by atoms with van der Waals surface area (Å²) >= 11 is 2.09. The van der Waals surface area contributed by atoms with Crippen LogP contribution < -0.4 is 5.32 Å². The summed E-state index contributed by atoms with van der Waals surface area (Å²) in [5.41, 5.74) is 1.31. The van der Waals surface area contributed by atoms with Crippen molar-refractivity contribution in [1.29, 1.82) is 0 Å². The molecular weight excluding hydrogens is 230 g/mol. The van der Waals surface area contributed by atoms with Crippen molar-refractivity contribution < 1.29 is 4.42 Å². The van der Waals surface area contributed by atoms with Gasteiger partial charge in [-0.25, -0.2) is 0 Å². The molecule has 17 heavy (non-hydrogen) atoms. The topological polar surface area (TPSA) is 25.2 Å². The maximum atomic E-state index is 5.61. The number of furan rings is 1. The quantitative estimate of drug-likeness (QED) is 0.886. The number of rotatable bonds is 3. The van der Waals surface area contributed by atoms with Crippen molar-refractivity contribution in [2.45, 2.75) is 57.9 Å². The standard InChI is InChI=1S/C14H23NOS/c1-9-8-13(11(3)16-9)10(2)15-14-6-5-7-17-12(14)4/h8,10,12,14-15H,5-7H2,1-4H3. The molecular formula is C14H23NOS. The Bertz CT molecular complexity index is 374. The third kappa shape index (κ3) is 3.08. The van der Waals surface area contributed by atoms with Crippen LogP contribution in [-0.2, 0) is 0 Å². The molecule has 0 spiro atoms. The molecule has 0 bridgehead atoms. The first-order chi connectivity index (χ1) is 8.08. The first-order valence-electron chi connectivity index (χ1n) is 6.52. The van der Waals surface area contributed by atoms with Crippen LogP contribution in [0.25, 0.3) is 0 Å². The van der Waals surface area contributed by atoms with Gasteiger partial charge >= 0.3 is 0 Å². The number of hydrogen-bond acceptors (Lipinski definition) is 3. The van der Waals surface area contributed by atoms with Crippen molar-refractivity contribution in [2.24, 2.45) is 0 Å². The van der Waals surface area contributed by atoms with Gasteiger partial charge in [-0.05, 0) is 45.4 Å². The van der Waals surface area contributed by atoms with Crippen LogP contribution in [0.15, 0.2) is 10.5 Å². The van der Waals surface area contributed by atoms with Gasteiger partial charge in [0.1, 0.15) is 11.5 Å². The zero-order valence-electron chi connectivity index (χ0n) is 11.2. The summed E-state index contributed by atoms with van der Waals surface area (Å²) in [4.78, 5) is 0. The Morgan fingerprint density at radius 2 is 2.24 bits per heavy atom. The van der Waals surface area contributed by atoms with Gasteiger partial charge in [-0.2, -0.15) is 11.8 Å². The fourth-order valence-corrected chi connectivity index (χ4v) is 3.79. The van der Waals surface area contributed by atoms with Crippen LogP contribution in [0.2, 0.25) is 0 Å². The Hall–Kier alpha value is -0.410. The lowest BCUT2D eigenvalue weighted by Crippen LogP contribution is -2.40. The normalized spacial score (nSPS) is 27.1. The van der Waals surface area contributed by atoms with Gasteiger partial charge in [-0.15, -0.1) is 0 Å². The monoisotopic (exact) mass is 253 g/mol. The molecule has 1 aliphatic rings. The highest BCUT2D eigenvalue weighted by molar-refractivity contribution is 7.99. The van der Waals surface area contributed by atoms with E-state index in [2.05, 4.69) is 43.9 Å². The molecule has 1 saturated heterocycles. The highest BCUT2D eigenvalue weighted by Crippen LogP contribution is 2.28. The van der Waals surface area contributed by atoms with Crippen LogP contribution in [0.4, 0.5) is 0 Å². The van der Waals surface area contributed by atoms with Crippen LogP contribution in [0.1, 0.15) is 49.8 Å². The number of nitrogens with one attached hydrogen (secondary N) is 1. The maximum absolute atomic E-state index is 5.61. The number of hydrogen-bond donors (Lipinski definition) is 1. The number of thioether (sulfide) groups is 1. The van der Waals surface area contributed by atoms with Crippen molar-refractivity contribution in [3.05, 3.63) is 23.2 Å². The minimum Gasteiger partial charge on any atom is -0.466 e. The Labute approximate surface area is 109 Å². The van der Waals surface area contributed by atoms with E-state index in [4.69, 9.17) is 4.42 Å². The molecule has 3 heteroatoms. The van der Waals surface area contributed by atoms with Gasteiger partial charge in [0.2, 0.25) is 0 Å². The van der Waals surface area contributed by atoms with Gasteiger partial charge in [-0.1, -0.05) is 6.92 Å². The minimum atomic E-state index is 0.388. The van der Waals surface area contributed by atoms with Gasteiger partial charge in [0.15, 0.2) is 0 Å². The molecule has 1 aromatic heterocycles. The van der Waals surface area contributed by atoms with Crippen LogP contribution >= 0.6 is 11.8 Å². The predicted octanol–water partition coefficient (Wildman–Crippen LogP) is 3.83. The molecule has 1 N–H and O–H groups in total. The molecule has 1 aliphatic heterocycles. The van der Waals surface area contributed by atoms with Crippen molar-refractivity contribution >= 4 is 11.8 Å². The Morgan fingerprint density at radius 1 is 1.47 bits per heavy atom. The molecule has 0 aromatic carbocycles. The van der Waals surface area contributed by atoms with Crippen molar-refractivity contribution in [3.63, 3.8) is 0 Å². The summed E-state index contributed by atoms with van der Waals surface area (Å²) in [5.74, 6) is 3.38. The molecule has 3 atom stereocenters. The average molecular weight is 253 g/mol. The van der Waals surface area contributed by atoms with Gasteiger partial charge in [0.25, 0.3) is 0 Å². The lowest BCUT2D eigenvalue weighted by molar-refractivity contribution is 0.411. The molecule has 0 aliphatic carbocycles. The lowest BCUT2D eigenvalue weighted by Gasteiger charge is -2.31. The summed E-state index contributed by atoms with van der Waals surface area (Å²) in [6.45, 7) is 8.65. The Balaban J connectivity index is 2.00. The van der Waals surface area contributed by atoms with Crippen molar-refractivity contribution in [3.8, 4) is 0 Å². The minimum absolute atomic E-state index is 0.388. The summed E-state index contributed by atoms with van der Waals surface area (Å²) in [6.07, 6.45) is 2.64. The SMILES string of the molecule is Cc1cc(C(C)NC2CCCSC2C)c(C)o1. The van der Waals surface area contributed by atoms with E-state index in [1.54, 1.807) is 0 Å². The molecule has 1 aromatic rings. The Morgan fingerprint density at radius 3 is 2.82 bits per heavy atom. The number of aryl methyl sites for hydroxylation is 2. The smallest absolute Gasteiger partial charge is 0.105 e. The first-order valence-corrected chi connectivity index (χ1v) is 7.57. The summed E-state index contributed by atoms with van der Waals surface area (Å²) in [5, 5.41) is 4.48. The lowest BCUT2D eigenvalue weighted by atomic mass is 10.0.